The molecule has 0 atom stereocenters. The summed E-state index contributed by atoms with van der Waals surface area (Å²) in [7, 11) is 1.00. The van der Waals surface area contributed by atoms with Crippen molar-refractivity contribution in [2.45, 2.75) is 33.4 Å². The zero-order chi connectivity index (χ0) is 18.6. The largest absolute Gasteiger partial charge is 0.508 e. The van der Waals surface area contributed by atoms with Gasteiger partial charge in [-0.15, -0.1) is 0 Å². The van der Waals surface area contributed by atoms with Crippen LogP contribution in [0.3, 0.4) is 0 Å². The van der Waals surface area contributed by atoms with Crippen molar-refractivity contribution in [3.8, 4) is 5.75 Å². The van der Waals surface area contributed by atoms with Crippen molar-refractivity contribution in [3.63, 3.8) is 0 Å². The Morgan fingerprint density at radius 1 is 1.17 bits per heavy atom. The second kappa shape index (κ2) is 11.5. The maximum absolute atomic E-state index is 12.2. The summed E-state index contributed by atoms with van der Waals surface area (Å²) in [5.41, 5.74) is 0.259. The van der Waals surface area contributed by atoms with E-state index in [9.17, 15) is 18.0 Å². The molecule has 0 heterocycles. The summed E-state index contributed by atoms with van der Waals surface area (Å²) in [6.45, 7) is 4.50. The molecule has 5 nitrogen and oxygen atoms in total. The molecule has 0 saturated carbocycles. The zero-order valence-corrected chi connectivity index (χ0v) is 13.6. The van der Waals surface area contributed by atoms with Crippen LogP contribution in [-0.2, 0) is 4.79 Å². The fourth-order valence-electron chi connectivity index (χ4n) is 1.44. The highest BCUT2D eigenvalue weighted by molar-refractivity contribution is 6.05. The molecule has 3 N–H and O–H groups in total. The number of nitrogens with one attached hydrogen (secondary N) is 1. The summed E-state index contributed by atoms with van der Waals surface area (Å²) in [6, 6.07) is 5.32. The van der Waals surface area contributed by atoms with E-state index in [1.807, 2.05) is 13.8 Å². The van der Waals surface area contributed by atoms with Crippen LogP contribution in [0.4, 0.5) is 13.2 Å². The van der Waals surface area contributed by atoms with E-state index in [4.69, 9.17) is 15.6 Å². The Labute approximate surface area is 133 Å². The normalized spacial score (nSPS) is 9.74. The Balaban J connectivity index is 0. The van der Waals surface area contributed by atoms with Gasteiger partial charge >= 0.3 is 6.18 Å². The van der Waals surface area contributed by atoms with Crippen molar-refractivity contribution >= 4 is 11.7 Å². The minimum absolute atomic E-state index is 0.0267. The summed E-state index contributed by atoms with van der Waals surface area (Å²) in [5, 5.41) is 23.8. The number of nitrogens with zero attached hydrogens (tertiary/aromatic N) is 1. The van der Waals surface area contributed by atoms with Crippen LogP contribution in [0.1, 0.15) is 32.8 Å². The summed E-state index contributed by atoms with van der Waals surface area (Å²) in [4.78, 5) is 12.1. The highest BCUT2D eigenvalue weighted by Gasteiger charge is 2.29. The monoisotopic (exact) mass is 336 g/mol. The van der Waals surface area contributed by atoms with Crippen LogP contribution in [-0.4, -0.2) is 46.7 Å². The van der Waals surface area contributed by atoms with Crippen LogP contribution in [0.5, 0.6) is 5.75 Å². The number of phenolic OH excluding ortho intramolecular Hbond substituents is 1. The minimum atomic E-state index is -4.39. The van der Waals surface area contributed by atoms with Gasteiger partial charge in [0.05, 0.1) is 6.42 Å². The average Bonchev–Trinajstić information content (AvgIpc) is 2.50. The van der Waals surface area contributed by atoms with E-state index < -0.39 is 25.0 Å². The van der Waals surface area contributed by atoms with Crippen LogP contribution >= 0.6 is 0 Å². The van der Waals surface area contributed by atoms with E-state index in [-0.39, 0.29) is 17.1 Å². The Kier molecular flexibility index (Phi) is 11.6. The SMILES string of the molecule is CC.CC(=O)N(CCC(F)(F)F)C(=N)c1ccc(O)cc1.CO. The van der Waals surface area contributed by atoms with Crippen LogP contribution in [0.2, 0.25) is 0 Å². The number of carbonyl (C=O) groups excluding carboxylic acids is 1. The molecule has 0 aromatic heterocycles. The van der Waals surface area contributed by atoms with Gasteiger partial charge in [-0.2, -0.15) is 13.2 Å². The van der Waals surface area contributed by atoms with Crippen LogP contribution < -0.4 is 0 Å². The third kappa shape index (κ3) is 9.51. The first kappa shape index (κ1) is 23.2. The minimum Gasteiger partial charge on any atom is -0.508 e. The fourth-order valence-corrected chi connectivity index (χ4v) is 1.44. The molecule has 0 aliphatic rings. The van der Waals surface area contributed by atoms with E-state index in [1.54, 1.807) is 0 Å². The molecule has 1 amide bonds. The Morgan fingerprint density at radius 2 is 1.61 bits per heavy atom. The Hall–Kier alpha value is -2.09. The number of phenols is 1. The molecule has 0 unspecified atom stereocenters. The van der Waals surface area contributed by atoms with Crippen molar-refractivity contribution < 1.29 is 28.2 Å². The summed E-state index contributed by atoms with van der Waals surface area (Å²) in [6.07, 6.45) is -5.56. The van der Waals surface area contributed by atoms with Crippen molar-refractivity contribution in [1.82, 2.24) is 4.90 Å². The standard InChI is InChI=1S/C12H13F3N2O2.C2H6.CH4O/c1-8(18)17(7-6-12(13,14)15)11(16)9-2-4-10(19)5-3-9;2*1-2/h2-5,16,19H,6-7H2,1H3;1-2H3;2H,1H3. The van der Waals surface area contributed by atoms with Gasteiger partial charge in [-0.25, -0.2) is 0 Å². The quantitative estimate of drug-likeness (QED) is 0.585. The van der Waals surface area contributed by atoms with E-state index in [2.05, 4.69) is 0 Å². The van der Waals surface area contributed by atoms with Gasteiger partial charge < -0.3 is 10.2 Å². The second-order valence-corrected chi connectivity index (χ2v) is 3.93. The van der Waals surface area contributed by atoms with Crippen LogP contribution in [0.25, 0.3) is 0 Å². The lowest BCUT2D eigenvalue weighted by atomic mass is 10.1. The van der Waals surface area contributed by atoms with Gasteiger partial charge in [0.2, 0.25) is 5.91 Å². The van der Waals surface area contributed by atoms with Crippen LogP contribution in [0, 0.1) is 5.41 Å². The molecule has 8 heteroatoms. The van der Waals surface area contributed by atoms with Crippen molar-refractivity contribution in [2.75, 3.05) is 13.7 Å². The van der Waals surface area contributed by atoms with E-state index in [1.165, 1.54) is 24.3 Å². The van der Waals surface area contributed by atoms with E-state index >= 15 is 0 Å². The first-order valence-corrected chi connectivity index (χ1v) is 6.88. The third-order valence-electron chi connectivity index (χ3n) is 2.41. The van der Waals surface area contributed by atoms with Gasteiger partial charge in [-0.3, -0.25) is 15.1 Å². The molecule has 23 heavy (non-hydrogen) atoms. The smallest absolute Gasteiger partial charge is 0.390 e. The fraction of sp³-hybridized carbons (Fsp3) is 0.467. The number of carbonyl (C=O) groups is 1. The van der Waals surface area contributed by atoms with E-state index in [0.29, 0.717) is 0 Å². The predicted molar refractivity (Wildman–Crippen MR) is 82.5 cm³/mol. The Bertz CT molecular complexity index is 474. The van der Waals surface area contributed by atoms with Crippen molar-refractivity contribution in [1.29, 1.82) is 5.41 Å². The first-order valence-electron chi connectivity index (χ1n) is 6.88. The number of halogens is 3. The molecule has 1 aromatic carbocycles. The molecule has 1 aromatic rings. The third-order valence-corrected chi connectivity index (χ3v) is 2.41. The number of alkyl halides is 3. The highest BCUT2D eigenvalue weighted by atomic mass is 19.4. The zero-order valence-electron chi connectivity index (χ0n) is 13.6. The summed E-state index contributed by atoms with van der Waals surface area (Å²) >= 11 is 0. The number of amidine groups is 1. The summed E-state index contributed by atoms with van der Waals surface area (Å²) in [5.74, 6) is -0.986. The first-order chi connectivity index (χ1) is 10.7. The molecule has 0 radical (unpaired) electrons. The maximum Gasteiger partial charge on any atom is 0.390 e. The molecule has 0 bridgehead atoms. The number of amides is 1. The van der Waals surface area contributed by atoms with Gasteiger partial charge in [-0.1, -0.05) is 13.8 Å². The number of hydrogen-bond donors (Lipinski definition) is 3. The molecule has 0 aliphatic heterocycles. The lowest BCUT2D eigenvalue weighted by Gasteiger charge is -2.22. The Morgan fingerprint density at radius 3 is 1.96 bits per heavy atom. The second-order valence-electron chi connectivity index (χ2n) is 3.93. The number of aliphatic hydroxyl groups is 1. The van der Waals surface area contributed by atoms with Gasteiger partial charge in [0.15, 0.2) is 0 Å². The maximum atomic E-state index is 12.2. The number of rotatable bonds is 3. The lowest BCUT2D eigenvalue weighted by molar-refractivity contribution is -0.140. The summed E-state index contributed by atoms with van der Waals surface area (Å²) < 4.78 is 36.5. The number of benzene rings is 1. The van der Waals surface area contributed by atoms with Crippen molar-refractivity contribution in [2.24, 2.45) is 0 Å². The lowest BCUT2D eigenvalue weighted by Crippen LogP contribution is -2.37. The van der Waals surface area contributed by atoms with Gasteiger partial charge in [0, 0.05) is 26.1 Å². The van der Waals surface area contributed by atoms with Gasteiger partial charge in [0.25, 0.3) is 0 Å². The average molecular weight is 336 g/mol. The van der Waals surface area contributed by atoms with Crippen LogP contribution in [0.15, 0.2) is 24.3 Å². The van der Waals surface area contributed by atoms with Gasteiger partial charge in [0.1, 0.15) is 11.6 Å². The topological polar surface area (TPSA) is 84.6 Å². The number of aromatic hydroxyl groups is 1. The number of aliphatic hydroxyl groups excluding tert-OH is 1. The van der Waals surface area contributed by atoms with Gasteiger partial charge in [-0.05, 0) is 24.3 Å². The molecular formula is C15H23F3N2O3. The molecule has 0 spiro atoms. The molecule has 1 rings (SSSR count). The molecule has 132 valence electrons. The van der Waals surface area contributed by atoms with Crippen molar-refractivity contribution in [3.05, 3.63) is 29.8 Å². The molecule has 0 fully saturated rings. The molecule has 0 saturated heterocycles. The van der Waals surface area contributed by atoms with E-state index in [0.717, 1.165) is 18.9 Å². The molecule has 0 aliphatic carbocycles. The number of hydrogen-bond acceptors (Lipinski definition) is 4. The highest BCUT2D eigenvalue weighted by Crippen LogP contribution is 2.20. The predicted octanol–water partition coefficient (Wildman–Crippen LogP) is 3.15. The molecular weight excluding hydrogens is 313 g/mol.